The summed E-state index contributed by atoms with van der Waals surface area (Å²) in [6, 6.07) is 27.3. The number of para-hydroxylation sites is 1. The van der Waals surface area contributed by atoms with E-state index in [2.05, 4.69) is 75.4 Å². The van der Waals surface area contributed by atoms with Crippen LogP contribution >= 0.6 is 0 Å². The van der Waals surface area contributed by atoms with Crippen LogP contribution in [0.3, 0.4) is 0 Å². The first-order chi connectivity index (χ1) is 17.2. The standard InChI is InChI=1S/C30H30N4O/c35-30(25-10-12-28(13-11-25)34-16-14-23-5-1-2-6-26(23)22-34)33-19-17-32(18-20-33)21-27-8-3-7-24-9-4-15-31-29(24)27/h1-13,15H,14,16-22H2. The molecule has 4 aromatic rings. The topological polar surface area (TPSA) is 39.7 Å². The van der Waals surface area contributed by atoms with Crippen LogP contribution in [0.1, 0.15) is 27.0 Å². The molecule has 0 saturated carbocycles. The summed E-state index contributed by atoms with van der Waals surface area (Å²) in [5.74, 6) is 0.131. The number of anilines is 1. The van der Waals surface area contributed by atoms with Crippen LogP contribution in [0, 0.1) is 0 Å². The van der Waals surface area contributed by atoms with Crippen LogP contribution < -0.4 is 4.90 Å². The lowest BCUT2D eigenvalue weighted by Crippen LogP contribution is -2.48. The number of carbonyl (C=O) groups excluding carboxylic acids is 1. The molecule has 0 unspecified atom stereocenters. The third-order valence-electron chi connectivity index (χ3n) is 7.38. The number of piperazine rings is 1. The van der Waals surface area contributed by atoms with Crippen LogP contribution in [0.5, 0.6) is 0 Å². The maximum atomic E-state index is 13.2. The second kappa shape index (κ2) is 9.51. The molecule has 5 heteroatoms. The van der Waals surface area contributed by atoms with E-state index in [1.54, 1.807) is 0 Å². The first kappa shape index (κ1) is 21.8. The highest BCUT2D eigenvalue weighted by Gasteiger charge is 2.23. The number of hydrogen-bond donors (Lipinski definition) is 0. The predicted molar refractivity (Wildman–Crippen MR) is 141 cm³/mol. The molecule has 176 valence electrons. The van der Waals surface area contributed by atoms with Gasteiger partial charge in [-0.2, -0.15) is 0 Å². The molecule has 1 aromatic heterocycles. The third-order valence-corrected chi connectivity index (χ3v) is 7.38. The van der Waals surface area contributed by atoms with E-state index in [0.717, 1.165) is 63.3 Å². The average molecular weight is 463 g/mol. The number of carbonyl (C=O) groups is 1. The fraction of sp³-hybridized carbons (Fsp3) is 0.267. The van der Waals surface area contributed by atoms with E-state index in [-0.39, 0.29) is 5.91 Å². The average Bonchev–Trinajstić information content (AvgIpc) is 2.93. The van der Waals surface area contributed by atoms with Crippen LogP contribution in [0.4, 0.5) is 5.69 Å². The summed E-state index contributed by atoms with van der Waals surface area (Å²) >= 11 is 0. The number of benzene rings is 3. The molecule has 3 aromatic carbocycles. The Morgan fingerprint density at radius 1 is 0.771 bits per heavy atom. The highest BCUT2D eigenvalue weighted by Crippen LogP contribution is 2.25. The minimum atomic E-state index is 0.131. The quantitative estimate of drug-likeness (QED) is 0.439. The van der Waals surface area contributed by atoms with Crippen molar-refractivity contribution in [2.75, 3.05) is 37.6 Å². The van der Waals surface area contributed by atoms with E-state index in [0.29, 0.717) is 0 Å². The van der Waals surface area contributed by atoms with Crippen molar-refractivity contribution < 1.29 is 4.79 Å². The van der Waals surface area contributed by atoms with Gasteiger partial charge in [0, 0.05) is 68.6 Å². The molecule has 0 aliphatic carbocycles. The number of amides is 1. The van der Waals surface area contributed by atoms with Gasteiger partial charge in [0.05, 0.1) is 5.52 Å². The van der Waals surface area contributed by atoms with Crippen molar-refractivity contribution in [3.8, 4) is 0 Å². The maximum Gasteiger partial charge on any atom is 0.253 e. The summed E-state index contributed by atoms with van der Waals surface area (Å²) in [4.78, 5) is 24.6. The van der Waals surface area contributed by atoms with Crippen molar-refractivity contribution in [2.24, 2.45) is 0 Å². The zero-order valence-electron chi connectivity index (χ0n) is 19.9. The van der Waals surface area contributed by atoms with E-state index in [4.69, 9.17) is 0 Å². The summed E-state index contributed by atoms with van der Waals surface area (Å²) < 4.78 is 0. The minimum Gasteiger partial charge on any atom is -0.367 e. The van der Waals surface area contributed by atoms with Crippen LogP contribution in [-0.2, 0) is 19.5 Å². The Hall–Kier alpha value is -3.70. The van der Waals surface area contributed by atoms with Crippen LogP contribution in [0.25, 0.3) is 10.9 Å². The van der Waals surface area contributed by atoms with Crippen LogP contribution in [0.15, 0.2) is 85.1 Å². The molecule has 0 radical (unpaired) electrons. The van der Waals surface area contributed by atoms with Gasteiger partial charge in [-0.25, -0.2) is 0 Å². The fourth-order valence-corrected chi connectivity index (χ4v) is 5.36. The molecule has 2 aliphatic rings. The molecule has 6 rings (SSSR count). The zero-order valence-corrected chi connectivity index (χ0v) is 19.9. The van der Waals surface area contributed by atoms with E-state index in [1.165, 1.54) is 27.8 Å². The Bertz CT molecular complexity index is 1340. The molecule has 5 nitrogen and oxygen atoms in total. The number of nitrogens with zero attached hydrogens (tertiary/aromatic N) is 4. The third kappa shape index (κ3) is 4.52. The summed E-state index contributed by atoms with van der Waals surface area (Å²) in [5, 5.41) is 1.18. The smallest absolute Gasteiger partial charge is 0.253 e. The van der Waals surface area contributed by atoms with Crippen LogP contribution in [0.2, 0.25) is 0 Å². The van der Waals surface area contributed by atoms with Crippen molar-refractivity contribution in [1.82, 2.24) is 14.8 Å². The molecule has 0 N–H and O–H groups in total. The Morgan fingerprint density at radius 2 is 1.54 bits per heavy atom. The molecule has 1 saturated heterocycles. The SMILES string of the molecule is O=C(c1ccc(N2CCc3ccccc3C2)cc1)N1CCN(Cc2cccc3cccnc23)CC1. The van der Waals surface area contributed by atoms with Gasteiger partial charge < -0.3 is 9.80 Å². The van der Waals surface area contributed by atoms with Gasteiger partial charge in [0.15, 0.2) is 0 Å². The first-order valence-electron chi connectivity index (χ1n) is 12.5. The van der Waals surface area contributed by atoms with Gasteiger partial charge in [-0.05, 0) is 53.4 Å². The van der Waals surface area contributed by atoms with Crippen molar-refractivity contribution in [3.05, 3.63) is 107 Å². The summed E-state index contributed by atoms with van der Waals surface area (Å²) in [7, 11) is 0. The van der Waals surface area contributed by atoms with Gasteiger partial charge in [0.2, 0.25) is 0 Å². The minimum absolute atomic E-state index is 0.131. The Kier molecular flexibility index (Phi) is 5.93. The summed E-state index contributed by atoms with van der Waals surface area (Å²) in [6.07, 6.45) is 2.92. The van der Waals surface area contributed by atoms with Crippen molar-refractivity contribution in [1.29, 1.82) is 0 Å². The van der Waals surface area contributed by atoms with Crippen molar-refractivity contribution >= 4 is 22.5 Å². The van der Waals surface area contributed by atoms with Gasteiger partial charge in [-0.15, -0.1) is 0 Å². The molecule has 0 spiro atoms. The molecular weight excluding hydrogens is 432 g/mol. The number of aromatic nitrogens is 1. The Morgan fingerprint density at radius 3 is 2.37 bits per heavy atom. The molecular formula is C30H30N4O. The highest BCUT2D eigenvalue weighted by molar-refractivity contribution is 5.94. The van der Waals surface area contributed by atoms with Gasteiger partial charge in [0.1, 0.15) is 0 Å². The van der Waals surface area contributed by atoms with E-state index in [9.17, 15) is 4.79 Å². The second-order valence-electron chi connectivity index (χ2n) is 9.55. The lowest BCUT2D eigenvalue weighted by Gasteiger charge is -2.35. The number of pyridine rings is 1. The van der Waals surface area contributed by atoms with E-state index >= 15 is 0 Å². The number of rotatable bonds is 4. The van der Waals surface area contributed by atoms with Gasteiger partial charge in [-0.3, -0.25) is 14.7 Å². The summed E-state index contributed by atoms with van der Waals surface area (Å²) in [5.41, 5.74) is 7.13. The molecule has 2 aliphatic heterocycles. The van der Waals surface area contributed by atoms with Crippen molar-refractivity contribution in [3.63, 3.8) is 0 Å². The Labute approximate surface area is 206 Å². The van der Waals surface area contributed by atoms with Crippen molar-refractivity contribution in [2.45, 2.75) is 19.5 Å². The zero-order chi connectivity index (χ0) is 23.6. The maximum absolute atomic E-state index is 13.2. The number of hydrogen-bond acceptors (Lipinski definition) is 4. The van der Waals surface area contributed by atoms with E-state index in [1.807, 2.05) is 29.3 Å². The number of fused-ring (bicyclic) bond motifs is 2. The fourth-order valence-electron chi connectivity index (χ4n) is 5.36. The largest absolute Gasteiger partial charge is 0.367 e. The second-order valence-corrected chi connectivity index (χ2v) is 9.55. The molecule has 0 bridgehead atoms. The Balaban J connectivity index is 1.06. The lowest BCUT2D eigenvalue weighted by atomic mass is 9.99. The van der Waals surface area contributed by atoms with Crippen LogP contribution in [-0.4, -0.2) is 53.4 Å². The highest BCUT2D eigenvalue weighted by atomic mass is 16.2. The lowest BCUT2D eigenvalue weighted by molar-refractivity contribution is 0.0629. The molecule has 35 heavy (non-hydrogen) atoms. The summed E-state index contributed by atoms with van der Waals surface area (Å²) in [6.45, 7) is 6.06. The molecule has 1 fully saturated rings. The molecule has 1 amide bonds. The first-order valence-corrected chi connectivity index (χ1v) is 12.5. The normalized spacial score (nSPS) is 16.3. The molecule has 0 atom stereocenters. The van der Waals surface area contributed by atoms with Gasteiger partial charge >= 0.3 is 0 Å². The predicted octanol–water partition coefficient (Wildman–Crippen LogP) is 4.76. The van der Waals surface area contributed by atoms with Gasteiger partial charge in [0.25, 0.3) is 5.91 Å². The monoisotopic (exact) mass is 462 g/mol. The molecule has 3 heterocycles. The van der Waals surface area contributed by atoms with Gasteiger partial charge in [-0.1, -0.05) is 48.5 Å². The van der Waals surface area contributed by atoms with E-state index < -0.39 is 0 Å².